The van der Waals surface area contributed by atoms with Gasteiger partial charge in [0.1, 0.15) is 5.82 Å². The normalized spacial score (nSPS) is 12.5. The first kappa shape index (κ1) is 15.4. The van der Waals surface area contributed by atoms with Crippen LogP contribution in [0.3, 0.4) is 0 Å². The molecule has 0 saturated heterocycles. The lowest BCUT2D eigenvalue weighted by Crippen LogP contribution is -2.18. The van der Waals surface area contributed by atoms with Crippen LogP contribution in [-0.2, 0) is 13.5 Å². The molecule has 1 unspecified atom stereocenters. The van der Waals surface area contributed by atoms with E-state index in [1.807, 2.05) is 37.4 Å². The summed E-state index contributed by atoms with van der Waals surface area (Å²) in [5, 5.41) is 9.72. The summed E-state index contributed by atoms with van der Waals surface area (Å²) < 4.78 is 7.28. The van der Waals surface area contributed by atoms with Crippen LogP contribution in [0.2, 0.25) is 0 Å². The molecule has 0 aliphatic heterocycles. The van der Waals surface area contributed by atoms with Crippen molar-refractivity contribution in [3.05, 3.63) is 53.9 Å². The lowest BCUT2D eigenvalue weighted by Gasteiger charge is -2.15. The number of phenolic OH excluding ortho intramolecular Hbond substituents is 1. The van der Waals surface area contributed by atoms with E-state index in [0.717, 1.165) is 28.8 Å². The molecule has 23 heavy (non-hydrogen) atoms. The maximum Gasteiger partial charge on any atom is 0.160 e. The zero-order chi connectivity index (χ0) is 16.4. The summed E-state index contributed by atoms with van der Waals surface area (Å²) >= 11 is 0. The monoisotopic (exact) mass is 311 g/mol. The Morgan fingerprint density at radius 2 is 2.04 bits per heavy atom. The number of hydrogen-bond acceptors (Lipinski definition) is 4. The largest absolute Gasteiger partial charge is 0.504 e. The molecule has 0 saturated carbocycles. The van der Waals surface area contributed by atoms with Crippen molar-refractivity contribution < 1.29 is 9.84 Å². The van der Waals surface area contributed by atoms with Gasteiger partial charge in [0.2, 0.25) is 0 Å². The van der Waals surface area contributed by atoms with Crippen molar-refractivity contribution in [1.29, 1.82) is 0 Å². The van der Waals surface area contributed by atoms with Gasteiger partial charge in [-0.3, -0.25) is 0 Å². The molecule has 1 heterocycles. The number of para-hydroxylation sites is 2. The number of aromatic hydroxyl groups is 1. The number of nitrogens with two attached hydrogens (primary N) is 1. The highest BCUT2D eigenvalue weighted by molar-refractivity contribution is 5.75. The predicted molar refractivity (Wildman–Crippen MR) is 90.9 cm³/mol. The van der Waals surface area contributed by atoms with E-state index in [4.69, 9.17) is 15.5 Å². The molecule has 3 N–H and O–H groups in total. The van der Waals surface area contributed by atoms with Crippen LogP contribution in [0.15, 0.2) is 42.5 Å². The number of benzene rings is 2. The summed E-state index contributed by atoms with van der Waals surface area (Å²) in [6.45, 7) is 0.500. The molecule has 0 aliphatic rings. The molecule has 1 atom stereocenters. The van der Waals surface area contributed by atoms with Crippen molar-refractivity contribution in [2.24, 2.45) is 12.8 Å². The summed E-state index contributed by atoms with van der Waals surface area (Å²) in [6, 6.07) is 13.5. The van der Waals surface area contributed by atoms with Gasteiger partial charge in [-0.25, -0.2) is 4.98 Å². The Kier molecular flexibility index (Phi) is 4.21. The number of aryl methyl sites for hydroxylation is 1. The first-order chi connectivity index (χ1) is 11.1. The van der Waals surface area contributed by atoms with Gasteiger partial charge in [0.15, 0.2) is 11.5 Å². The number of imidazole rings is 1. The van der Waals surface area contributed by atoms with Gasteiger partial charge < -0.3 is 20.1 Å². The summed E-state index contributed by atoms with van der Waals surface area (Å²) in [5.41, 5.74) is 9.15. The third-order valence-electron chi connectivity index (χ3n) is 4.20. The molecule has 0 radical (unpaired) electrons. The molecular formula is C18H21N3O2. The molecule has 0 aliphatic carbocycles. The summed E-state index contributed by atoms with van der Waals surface area (Å²) in [5.74, 6) is 1.69. The maximum atomic E-state index is 9.72. The van der Waals surface area contributed by atoms with Crippen LogP contribution in [0, 0.1) is 0 Å². The van der Waals surface area contributed by atoms with Gasteiger partial charge in [0, 0.05) is 19.5 Å². The Labute approximate surface area is 135 Å². The first-order valence-electron chi connectivity index (χ1n) is 7.61. The van der Waals surface area contributed by atoms with Crippen molar-refractivity contribution in [3.8, 4) is 11.5 Å². The average Bonchev–Trinajstić information content (AvgIpc) is 2.91. The van der Waals surface area contributed by atoms with Gasteiger partial charge in [0.25, 0.3) is 0 Å². The second-order valence-corrected chi connectivity index (χ2v) is 5.66. The predicted octanol–water partition coefficient (Wildman–Crippen LogP) is 2.57. The fourth-order valence-corrected chi connectivity index (χ4v) is 2.94. The molecule has 3 aromatic rings. The van der Waals surface area contributed by atoms with E-state index in [2.05, 4.69) is 10.6 Å². The number of fused-ring (bicyclic) bond motifs is 1. The lowest BCUT2D eigenvalue weighted by atomic mass is 9.98. The van der Waals surface area contributed by atoms with Gasteiger partial charge in [-0.2, -0.15) is 0 Å². The molecule has 1 aromatic heterocycles. The fraction of sp³-hybridized carbons (Fsp3) is 0.278. The van der Waals surface area contributed by atoms with Crippen molar-refractivity contribution in [2.75, 3.05) is 13.7 Å². The van der Waals surface area contributed by atoms with Gasteiger partial charge in [-0.1, -0.05) is 18.2 Å². The van der Waals surface area contributed by atoms with E-state index in [-0.39, 0.29) is 11.7 Å². The Morgan fingerprint density at radius 1 is 1.26 bits per heavy atom. The third kappa shape index (κ3) is 2.87. The molecule has 2 aromatic carbocycles. The highest BCUT2D eigenvalue weighted by Gasteiger charge is 2.18. The number of rotatable bonds is 5. The fourth-order valence-electron chi connectivity index (χ4n) is 2.94. The molecule has 5 nitrogen and oxygen atoms in total. The second-order valence-electron chi connectivity index (χ2n) is 5.66. The molecule has 120 valence electrons. The summed E-state index contributed by atoms with van der Waals surface area (Å²) in [4.78, 5) is 4.74. The minimum atomic E-state index is 0.0987. The van der Waals surface area contributed by atoms with Gasteiger partial charge in [0.05, 0.1) is 18.1 Å². The Bertz CT molecular complexity index is 826. The Morgan fingerprint density at radius 3 is 2.74 bits per heavy atom. The van der Waals surface area contributed by atoms with Gasteiger partial charge in [-0.15, -0.1) is 0 Å². The van der Waals surface area contributed by atoms with Crippen LogP contribution in [0.4, 0.5) is 0 Å². The van der Waals surface area contributed by atoms with Gasteiger partial charge >= 0.3 is 0 Å². The summed E-state index contributed by atoms with van der Waals surface area (Å²) in [7, 11) is 3.56. The molecular weight excluding hydrogens is 290 g/mol. The van der Waals surface area contributed by atoms with Crippen LogP contribution >= 0.6 is 0 Å². The molecule has 0 spiro atoms. The Hall–Kier alpha value is -2.53. The molecule has 0 bridgehead atoms. The van der Waals surface area contributed by atoms with E-state index >= 15 is 0 Å². The van der Waals surface area contributed by atoms with Gasteiger partial charge in [-0.05, 0) is 36.2 Å². The highest BCUT2D eigenvalue weighted by Crippen LogP contribution is 2.29. The van der Waals surface area contributed by atoms with E-state index in [9.17, 15) is 5.11 Å². The highest BCUT2D eigenvalue weighted by atomic mass is 16.5. The minimum Gasteiger partial charge on any atom is -0.504 e. The number of ether oxygens (including phenoxy) is 1. The zero-order valence-electron chi connectivity index (χ0n) is 13.4. The molecule has 0 amide bonds. The summed E-state index contributed by atoms with van der Waals surface area (Å²) in [6.07, 6.45) is 0.740. The standard InChI is InChI=1S/C18H21N3O2/c1-21-15-6-4-3-5-14(15)20-18(21)13(11-19)9-12-7-8-16(22)17(10-12)23-2/h3-8,10,13,22H,9,11,19H2,1-2H3. The number of nitrogens with zero attached hydrogens (tertiary/aromatic N) is 2. The van der Waals surface area contributed by atoms with Crippen molar-refractivity contribution in [2.45, 2.75) is 12.3 Å². The van der Waals surface area contributed by atoms with E-state index in [1.165, 1.54) is 0 Å². The smallest absolute Gasteiger partial charge is 0.160 e. The quantitative estimate of drug-likeness (QED) is 0.759. The van der Waals surface area contributed by atoms with Crippen molar-refractivity contribution in [1.82, 2.24) is 9.55 Å². The average molecular weight is 311 g/mol. The maximum absolute atomic E-state index is 9.72. The van der Waals surface area contributed by atoms with Crippen LogP contribution in [0.5, 0.6) is 11.5 Å². The minimum absolute atomic E-state index is 0.0987. The van der Waals surface area contributed by atoms with E-state index in [0.29, 0.717) is 12.3 Å². The number of methoxy groups -OCH3 is 1. The topological polar surface area (TPSA) is 73.3 Å². The van der Waals surface area contributed by atoms with Crippen molar-refractivity contribution >= 4 is 11.0 Å². The molecule has 3 rings (SSSR count). The lowest BCUT2D eigenvalue weighted by molar-refractivity contribution is 0.372. The Balaban J connectivity index is 1.94. The van der Waals surface area contributed by atoms with Crippen LogP contribution in [-0.4, -0.2) is 28.3 Å². The van der Waals surface area contributed by atoms with Crippen LogP contribution in [0.1, 0.15) is 17.3 Å². The molecule has 5 heteroatoms. The second kappa shape index (κ2) is 6.30. The van der Waals surface area contributed by atoms with Crippen LogP contribution in [0.25, 0.3) is 11.0 Å². The van der Waals surface area contributed by atoms with Crippen LogP contribution < -0.4 is 10.5 Å². The third-order valence-corrected chi connectivity index (χ3v) is 4.20. The number of hydrogen-bond donors (Lipinski definition) is 2. The number of phenols is 1. The number of aromatic nitrogens is 2. The first-order valence-corrected chi connectivity index (χ1v) is 7.61. The zero-order valence-corrected chi connectivity index (χ0v) is 13.4. The molecule has 0 fully saturated rings. The van der Waals surface area contributed by atoms with E-state index < -0.39 is 0 Å². The SMILES string of the molecule is COc1cc(CC(CN)c2nc3ccccc3n2C)ccc1O. The van der Waals surface area contributed by atoms with Crippen molar-refractivity contribution in [3.63, 3.8) is 0 Å². The van der Waals surface area contributed by atoms with E-state index in [1.54, 1.807) is 13.2 Å².